The van der Waals surface area contributed by atoms with Gasteiger partial charge in [-0.05, 0) is 61.4 Å². The van der Waals surface area contributed by atoms with E-state index in [4.69, 9.17) is 16.3 Å². The minimum atomic E-state index is -4.09. The van der Waals surface area contributed by atoms with Gasteiger partial charge in [-0.25, -0.2) is 12.8 Å². The maximum Gasteiger partial charge on any atom is 0.242 e. The molecule has 32 heavy (non-hydrogen) atoms. The zero-order valence-electron chi connectivity index (χ0n) is 17.2. The molecule has 0 aromatic heterocycles. The highest BCUT2D eigenvalue weighted by atomic mass is 35.5. The average molecular weight is 477 g/mol. The first kappa shape index (κ1) is 23.7. The van der Waals surface area contributed by atoms with Gasteiger partial charge in [-0.2, -0.15) is 4.72 Å². The van der Waals surface area contributed by atoms with Gasteiger partial charge in [0.05, 0.1) is 16.5 Å². The van der Waals surface area contributed by atoms with Crippen LogP contribution in [-0.2, 0) is 21.2 Å². The number of amides is 1. The molecule has 3 rings (SSSR count). The smallest absolute Gasteiger partial charge is 0.242 e. The van der Waals surface area contributed by atoms with Crippen LogP contribution in [0.4, 0.5) is 10.1 Å². The number of carbonyl (C=O) groups excluding carboxylic acids is 1. The van der Waals surface area contributed by atoms with Gasteiger partial charge in [0.15, 0.2) is 0 Å². The quantitative estimate of drug-likeness (QED) is 0.479. The molecule has 0 aliphatic carbocycles. The van der Waals surface area contributed by atoms with Gasteiger partial charge in [-0.15, -0.1) is 0 Å². The molecule has 0 bridgehead atoms. The van der Waals surface area contributed by atoms with E-state index in [1.165, 1.54) is 42.5 Å². The normalized spacial score (nSPS) is 12.2. The minimum absolute atomic E-state index is 0.0985. The molecule has 0 saturated heterocycles. The summed E-state index contributed by atoms with van der Waals surface area (Å²) in [5.74, 6) is -0.666. The first-order valence-electron chi connectivity index (χ1n) is 9.83. The zero-order chi connectivity index (χ0) is 23.1. The maximum absolute atomic E-state index is 13.2. The molecule has 6 nitrogen and oxygen atoms in total. The molecule has 0 fully saturated rings. The third-order valence-electron chi connectivity index (χ3n) is 4.52. The first-order valence-corrected chi connectivity index (χ1v) is 11.7. The second kappa shape index (κ2) is 10.6. The van der Waals surface area contributed by atoms with Crippen molar-refractivity contribution in [1.82, 2.24) is 4.72 Å². The van der Waals surface area contributed by atoms with Crippen LogP contribution in [0.3, 0.4) is 0 Å². The molecule has 0 saturated carbocycles. The van der Waals surface area contributed by atoms with Crippen molar-refractivity contribution in [1.29, 1.82) is 0 Å². The predicted octanol–water partition coefficient (Wildman–Crippen LogP) is 4.41. The average Bonchev–Trinajstić information content (AvgIpc) is 2.77. The van der Waals surface area contributed by atoms with Crippen LogP contribution in [0.15, 0.2) is 77.7 Å². The van der Waals surface area contributed by atoms with E-state index in [0.717, 1.165) is 5.56 Å². The van der Waals surface area contributed by atoms with Crippen molar-refractivity contribution in [2.45, 2.75) is 24.3 Å². The summed E-state index contributed by atoms with van der Waals surface area (Å²) in [6.45, 7) is 2.17. The minimum Gasteiger partial charge on any atom is -0.492 e. The van der Waals surface area contributed by atoms with Gasteiger partial charge in [0, 0.05) is 5.69 Å². The molecule has 9 heteroatoms. The first-order chi connectivity index (χ1) is 15.3. The van der Waals surface area contributed by atoms with E-state index in [2.05, 4.69) is 10.0 Å². The number of carbonyl (C=O) groups is 1. The summed E-state index contributed by atoms with van der Waals surface area (Å²) in [6, 6.07) is 17.2. The number of sulfonamides is 1. The predicted molar refractivity (Wildman–Crippen MR) is 122 cm³/mol. The molecule has 3 aromatic rings. The Morgan fingerprint density at radius 2 is 1.75 bits per heavy atom. The lowest BCUT2D eigenvalue weighted by Crippen LogP contribution is -2.45. The number of anilines is 1. The summed E-state index contributed by atoms with van der Waals surface area (Å²) in [5, 5.41) is 2.77. The van der Waals surface area contributed by atoms with Crippen LogP contribution in [0.25, 0.3) is 0 Å². The Bertz CT molecular complexity index is 1170. The lowest BCUT2D eigenvalue weighted by molar-refractivity contribution is -0.117. The second-order valence-electron chi connectivity index (χ2n) is 6.88. The Morgan fingerprint density at radius 3 is 2.38 bits per heavy atom. The Kier molecular flexibility index (Phi) is 7.84. The Morgan fingerprint density at radius 1 is 1.06 bits per heavy atom. The SMILES string of the molecule is CCOc1ccc(S(=O)(=O)N[C@H](Cc2ccccc2)C(=O)Nc2ccc(F)cc2)cc1Cl. The van der Waals surface area contributed by atoms with Crippen molar-refractivity contribution in [2.75, 3.05) is 11.9 Å². The number of hydrogen-bond donors (Lipinski definition) is 2. The number of ether oxygens (including phenoxy) is 1. The molecule has 0 spiro atoms. The summed E-state index contributed by atoms with van der Waals surface area (Å²) >= 11 is 6.14. The molecule has 0 unspecified atom stereocenters. The molecule has 2 N–H and O–H groups in total. The van der Waals surface area contributed by atoms with Crippen molar-refractivity contribution >= 4 is 33.2 Å². The molecule has 0 aliphatic heterocycles. The molecule has 3 aromatic carbocycles. The lowest BCUT2D eigenvalue weighted by Gasteiger charge is -2.19. The summed E-state index contributed by atoms with van der Waals surface area (Å²) in [5.41, 5.74) is 1.11. The van der Waals surface area contributed by atoms with Gasteiger partial charge in [0.1, 0.15) is 17.6 Å². The van der Waals surface area contributed by atoms with E-state index in [0.29, 0.717) is 18.0 Å². The fourth-order valence-electron chi connectivity index (χ4n) is 2.98. The Hall–Kier alpha value is -2.94. The molecule has 1 atom stereocenters. The van der Waals surface area contributed by atoms with E-state index in [1.807, 2.05) is 6.07 Å². The van der Waals surface area contributed by atoms with Crippen molar-refractivity contribution in [3.63, 3.8) is 0 Å². The fraction of sp³-hybridized carbons (Fsp3) is 0.174. The van der Waals surface area contributed by atoms with Crippen LogP contribution in [0.5, 0.6) is 5.75 Å². The van der Waals surface area contributed by atoms with Crippen molar-refractivity contribution in [3.8, 4) is 5.75 Å². The number of benzene rings is 3. The van der Waals surface area contributed by atoms with E-state index in [9.17, 15) is 17.6 Å². The number of nitrogens with one attached hydrogen (secondary N) is 2. The van der Waals surface area contributed by atoms with Crippen LogP contribution < -0.4 is 14.8 Å². The summed E-state index contributed by atoms with van der Waals surface area (Å²) in [4.78, 5) is 12.8. The zero-order valence-corrected chi connectivity index (χ0v) is 18.8. The molecule has 0 aliphatic rings. The monoisotopic (exact) mass is 476 g/mol. The largest absolute Gasteiger partial charge is 0.492 e. The molecule has 1 amide bonds. The van der Waals surface area contributed by atoms with Gasteiger partial charge in [-0.1, -0.05) is 41.9 Å². The number of hydrogen-bond acceptors (Lipinski definition) is 4. The van der Waals surface area contributed by atoms with Gasteiger partial charge in [0.25, 0.3) is 0 Å². The number of halogens is 2. The summed E-state index contributed by atoms with van der Waals surface area (Å²) in [7, 11) is -4.09. The fourth-order valence-corrected chi connectivity index (χ4v) is 4.50. The van der Waals surface area contributed by atoms with Crippen molar-refractivity contribution < 1.29 is 22.3 Å². The third kappa shape index (κ3) is 6.29. The molecular formula is C23H22ClFN2O4S. The molecule has 0 radical (unpaired) electrons. The highest BCUT2D eigenvalue weighted by Gasteiger charge is 2.27. The highest BCUT2D eigenvalue weighted by molar-refractivity contribution is 7.89. The van der Waals surface area contributed by atoms with E-state index < -0.39 is 27.8 Å². The molecule has 168 valence electrons. The van der Waals surface area contributed by atoms with Crippen molar-refractivity contribution in [2.24, 2.45) is 0 Å². The van der Waals surface area contributed by atoms with Crippen LogP contribution in [0.2, 0.25) is 5.02 Å². The van der Waals surface area contributed by atoms with Crippen LogP contribution in [0.1, 0.15) is 12.5 Å². The Balaban J connectivity index is 1.86. The van der Waals surface area contributed by atoms with Gasteiger partial charge in [-0.3, -0.25) is 4.79 Å². The highest BCUT2D eigenvalue weighted by Crippen LogP contribution is 2.27. The van der Waals surface area contributed by atoms with Gasteiger partial charge in [0.2, 0.25) is 15.9 Å². The van der Waals surface area contributed by atoms with E-state index in [-0.39, 0.29) is 16.3 Å². The number of rotatable bonds is 9. The van der Waals surface area contributed by atoms with Gasteiger partial charge < -0.3 is 10.1 Å². The molecular weight excluding hydrogens is 455 g/mol. The Labute approximate surface area is 191 Å². The second-order valence-corrected chi connectivity index (χ2v) is 9.01. The summed E-state index contributed by atoms with van der Waals surface area (Å²) in [6.07, 6.45) is 0.109. The van der Waals surface area contributed by atoms with Crippen molar-refractivity contribution in [3.05, 3.63) is 89.2 Å². The van der Waals surface area contributed by atoms with Crippen LogP contribution >= 0.6 is 11.6 Å². The standard InChI is InChI=1S/C23H22ClFN2O4S/c1-2-31-22-13-12-19(15-20(22)24)32(29,30)27-21(14-16-6-4-3-5-7-16)23(28)26-18-10-8-17(25)9-11-18/h3-13,15,21,27H,2,14H2,1H3,(H,26,28)/t21-/m1/s1. The molecule has 0 heterocycles. The summed E-state index contributed by atoms with van der Waals surface area (Å²) < 4.78 is 47.0. The van der Waals surface area contributed by atoms with Crippen LogP contribution in [0, 0.1) is 5.82 Å². The lowest BCUT2D eigenvalue weighted by atomic mass is 10.1. The maximum atomic E-state index is 13.2. The topological polar surface area (TPSA) is 84.5 Å². The van der Waals surface area contributed by atoms with Crippen LogP contribution in [-0.4, -0.2) is 27.0 Å². The third-order valence-corrected chi connectivity index (χ3v) is 6.29. The van der Waals surface area contributed by atoms with E-state index >= 15 is 0 Å². The van der Waals surface area contributed by atoms with E-state index in [1.54, 1.807) is 31.2 Å². The van der Waals surface area contributed by atoms with Gasteiger partial charge >= 0.3 is 0 Å².